The fraction of sp³-hybridized carbons (Fsp3) is 0.441. The Morgan fingerprint density at radius 2 is 1.76 bits per heavy atom. The second-order valence-electron chi connectivity index (χ2n) is 11.9. The molecule has 4 unspecified atom stereocenters. The van der Waals surface area contributed by atoms with Gasteiger partial charge < -0.3 is 14.6 Å². The fourth-order valence-corrected chi connectivity index (χ4v) is 7.45. The lowest BCUT2D eigenvalue weighted by atomic mass is 9.61. The number of halogens is 3. The first-order chi connectivity index (χ1) is 19.5. The summed E-state index contributed by atoms with van der Waals surface area (Å²) in [4.78, 5) is 12.3. The molecule has 1 N–H and O–H groups in total. The number of carbonyl (C=O) groups is 1. The third-order valence-electron chi connectivity index (χ3n) is 9.76. The molecule has 41 heavy (non-hydrogen) atoms. The van der Waals surface area contributed by atoms with Crippen molar-refractivity contribution in [3.63, 3.8) is 0 Å². The highest BCUT2D eigenvalue weighted by Gasteiger charge is 2.61. The molecule has 2 aromatic carbocycles. The van der Waals surface area contributed by atoms with E-state index >= 15 is 0 Å². The van der Waals surface area contributed by atoms with Gasteiger partial charge in [0.25, 0.3) is 0 Å². The molecule has 7 heteroatoms. The van der Waals surface area contributed by atoms with Crippen molar-refractivity contribution in [3.8, 4) is 17.6 Å². The van der Waals surface area contributed by atoms with Crippen LogP contribution in [0.25, 0.3) is 0 Å². The average Bonchev–Trinajstić information content (AvgIpc) is 3.13. The summed E-state index contributed by atoms with van der Waals surface area (Å²) in [5.41, 5.74) is 2.16. The van der Waals surface area contributed by atoms with Crippen molar-refractivity contribution >= 4 is 5.78 Å². The standard InChI is InChI=1S/C34H33F3O4/c1-32-20-41-31(22-5-11-26(40-2)12-6-22)30-27-14-10-25(38)19-23(27)7-13-28(30)29(32)16-18-33(32,39)17-15-21-3-8-24(9-4-21)34(35,36)37/h3-6,8-9,11-12,19,28-29,31,39H,7,10,13-14,16,18,20H2,1-2H3/t28?,29?,31?,32?,33-/m0/s1. The van der Waals surface area contributed by atoms with Gasteiger partial charge >= 0.3 is 6.18 Å². The lowest BCUT2D eigenvalue weighted by Gasteiger charge is -2.42. The van der Waals surface area contributed by atoms with Crippen LogP contribution in [0.1, 0.15) is 68.2 Å². The molecule has 1 saturated carbocycles. The zero-order valence-corrected chi connectivity index (χ0v) is 23.2. The molecule has 4 aliphatic rings. The van der Waals surface area contributed by atoms with Crippen LogP contribution in [0.2, 0.25) is 0 Å². The number of fused-ring (bicyclic) bond motifs is 4. The van der Waals surface area contributed by atoms with Crippen molar-refractivity contribution in [2.24, 2.45) is 17.3 Å². The molecule has 0 spiro atoms. The minimum atomic E-state index is -4.42. The van der Waals surface area contributed by atoms with E-state index in [0.29, 0.717) is 24.8 Å². The number of aliphatic hydroxyl groups is 1. The molecule has 214 valence electrons. The maximum atomic E-state index is 13.0. The summed E-state index contributed by atoms with van der Waals surface area (Å²) >= 11 is 0. The van der Waals surface area contributed by atoms with Gasteiger partial charge in [-0.25, -0.2) is 0 Å². The monoisotopic (exact) mass is 562 g/mol. The van der Waals surface area contributed by atoms with Crippen LogP contribution in [0.3, 0.4) is 0 Å². The van der Waals surface area contributed by atoms with Gasteiger partial charge in [-0.15, -0.1) is 0 Å². The number of hydrogen-bond acceptors (Lipinski definition) is 4. The van der Waals surface area contributed by atoms with E-state index in [-0.39, 0.29) is 30.3 Å². The Bertz CT molecular complexity index is 1480. The first kappa shape index (κ1) is 27.8. The van der Waals surface area contributed by atoms with Crippen LogP contribution in [0, 0.1) is 29.1 Å². The van der Waals surface area contributed by atoms with Crippen LogP contribution < -0.4 is 4.74 Å². The number of ketones is 1. The number of ether oxygens (including phenoxy) is 2. The highest BCUT2D eigenvalue weighted by atomic mass is 19.4. The van der Waals surface area contributed by atoms with Crippen LogP contribution in [-0.4, -0.2) is 30.2 Å². The average molecular weight is 563 g/mol. The maximum absolute atomic E-state index is 13.0. The second kappa shape index (κ2) is 10.2. The summed E-state index contributed by atoms with van der Waals surface area (Å²) < 4.78 is 51.2. The van der Waals surface area contributed by atoms with E-state index in [1.807, 2.05) is 31.2 Å². The van der Waals surface area contributed by atoms with Crippen molar-refractivity contribution in [2.45, 2.75) is 63.3 Å². The van der Waals surface area contributed by atoms with E-state index < -0.39 is 22.8 Å². The molecule has 2 aromatic rings. The van der Waals surface area contributed by atoms with Crippen LogP contribution >= 0.6 is 0 Å². The molecule has 2 fully saturated rings. The largest absolute Gasteiger partial charge is 0.497 e. The summed E-state index contributed by atoms with van der Waals surface area (Å²) in [6, 6.07) is 12.6. The molecule has 3 aliphatic carbocycles. The minimum Gasteiger partial charge on any atom is -0.497 e. The summed E-state index contributed by atoms with van der Waals surface area (Å²) in [6.07, 6.45) is 1.11. The summed E-state index contributed by atoms with van der Waals surface area (Å²) in [5.74, 6) is 7.21. The third kappa shape index (κ3) is 4.81. The molecule has 4 nitrogen and oxygen atoms in total. The van der Waals surface area contributed by atoms with Crippen molar-refractivity contribution in [1.29, 1.82) is 0 Å². The van der Waals surface area contributed by atoms with Gasteiger partial charge in [0.05, 0.1) is 19.3 Å². The van der Waals surface area contributed by atoms with E-state index in [1.54, 1.807) is 13.2 Å². The zero-order valence-electron chi connectivity index (χ0n) is 23.2. The Balaban J connectivity index is 1.40. The fourth-order valence-electron chi connectivity index (χ4n) is 7.45. The number of benzene rings is 2. The predicted molar refractivity (Wildman–Crippen MR) is 148 cm³/mol. The van der Waals surface area contributed by atoms with E-state index in [9.17, 15) is 23.1 Å². The van der Waals surface area contributed by atoms with Crippen molar-refractivity contribution in [3.05, 3.63) is 88.0 Å². The Kier molecular flexibility index (Phi) is 6.91. The lowest BCUT2D eigenvalue weighted by molar-refractivity contribution is -0.137. The van der Waals surface area contributed by atoms with Gasteiger partial charge in [-0.1, -0.05) is 30.9 Å². The molecule has 0 bridgehead atoms. The molecule has 0 radical (unpaired) electrons. The number of allylic oxidation sites excluding steroid dienone is 3. The third-order valence-corrected chi connectivity index (χ3v) is 9.76. The first-order valence-electron chi connectivity index (χ1n) is 14.2. The Hall–Kier alpha value is -3.34. The Labute approximate surface area is 238 Å². The topological polar surface area (TPSA) is 55.8 Å². The minimum absolute atomic E-state index is 0.0966. The smallest absolute Gasteiger partial charge is 0.416 e. The van der Waals surface area contributed by atoms with Gasteiger partial charge in [0.1, 0.15) is 17.5 Å². The van der Waals surface area contributed by atoms with Gasteiger partial charge in [-0.2, -0.15) is 13.2 Å². The van der Waals surface area contributed by atoms with Gasteiger partial charge in [-0.05, 0) is 109 Å². The summed E-state index contributed by atoms with van der Waals surface area (Å²) in [5, 5.41) is 12.1. The van der Waals surface area contributed by atoms with Gasteiger partial charge in [0.2, 0.25) is 0 Å². The normalized spacial score (nSPS) is 31.2. The van der Waals surface area contributed by atoms with Crippen LogP contribution in [0.4, 0.5) is 13.2 Å². The molecule has 5 atom stereocenters. The van der Waals surface area contributed by atoms with Gasteiger partial charge in [-0.3, -0.25) is 4.79 Å². The van der Waals surface area contributed by atoms with Crippen LogP contribution in [0.5, 0.6) is 5.75 Å². The van der Waals surface area contributed by atoms with Crippen molar-refractivity contribution in [2.75, 3.05) is 13.7 Å². The van der Waals surface area contributed by atoms with E-state index in [0.717, 1.165) is 48.3 Å². The maximum Gasteiger partial charge on any atom is 0.416 e. The molecule has 1 heterocycles. The lowest BCUT2D eigenvalue weighted by Crippen LogP contribution is -2.48. The molecular formula is C34H33F3O4. The Morgan fingerprint density at radius 1 is 1.02 bits per heavy atom. The second-order valence-corrected chi connectivity index (χ2v) is 11.9. The van der Waals surface area contributed by atoms with Crippen molar-refractivity contribution < 1.29 is 32.5 Å². The van der Waals surface area contributed by atoms with E-state index in [2.05, 4.69) is 11.8 Å². The van der Waals surface area contributed by atoms with Crippen LogP contribution in [-0.2, 0) is 15.7 Å². The predicted octanol–water partition coefficient (Wildman–Crippen LogP) is 6.98. The highest BCUT2D eigenvalue weighted by molar-refractivity contribution is 5.93. The van der Waals surface area contributed by atoms with Gasteiger partial charge in [0.15, 0.2) is 5.78 Å². The molecule has 1 aliphatic heterocycles. The molecule has 6 rings (SSSR count). The zero-order chi connectivity index (χ0) is 29.0. The van der Waals surface area contributed by atoms with E-state index in [1.165, 1.54) is 23.3 Å². The molecule has 0 amide bonds. The quantitative estimate of drug-likeness (QED) is 0.402. The van der Waals surface area contributed by atoms with Crippen LogP contribution in [0.15, 0.2) is 71.3 Å². The first-order valence-corrected chi connectivity index (χ1v) is 14.2. The van der Waals surface area contributed by atoms with Crippen molar-refractivity contribution in [1.82, 2.24) is 0 Å². The van der Waals surface area contributed by atoms with E-state index in [4.69, 9.17) is 9.47 Å². The number of alkyl halides is 3. The summed E-state index contributed by atoms with van der Waals surface area (Å²) in [6.45, 7) is 2.32. The Morgan fingerprint density at radius 3 is 2.44 bits per heavy atom. The summed E-state index contributed by atoms with van der Waals surface area (Å²) in [7, 11) is 1.63. The number of rotatable bonds is 2. The number of methoxy groups -OCH3 is 1. The highest BCUT2D eigenvalue weighted by Crippen LogP contribution is 2.61. The molecular weight excluding hydrogens is 529 g/mol. The van der Waals surface area contributed by atoms with Gasteiger partial charge in [0, 0.05) is 17.4 Å². The molecule has 0 aromatic heterocycles. The number of carbonyl (C=O) groups excluding carboxylic acids is 1. The SMILES string of the molecule is COc1ccc(C2OCC3(C)C(CC[C@@]3(O)C#Cc3ccc(C(F)(F)F)cc3)C3CCC4=CC(=O)CCC4=C23)cc1. The molecule has 1 saturated heterocycles. The number of hydrogen-bond donors (Lipinski definition) is 1.